The Morgan fingerprint density at radius 1 is 0.879 bits per heavy atom. The number of benzene rings is 4. The third-order valence-corrected chi connectivity index (χ3v) is 15.5. The lowest BCUT2D eigenvalue weighted by Crippen LogP contribution is -2.47. The Labute approximate surface area is 387 Å². The number of sulfone groups is 1. The number of H-pyrrole nitrogens is 1. The van der Waals surface area contributed by atoms with Crippen LogP contribution in [0.3, 0.4) is 0 Å². The van der Waals surface area contributed by atoms with Gasteiger partial charge in [-0.2, -0.15) is 13.2 Å². The fraction of sp³-hybridized carbons (Fsp3) is 0.383. The lowest BCUT2D eigenvalue weighted by molar-refractivity contribution is -0.0435. The minimum atomic E-state index is -6.03. The number of rotatable bonds is 14. The number of nitrogens with zero attached hydrogens (tertiary/aromatic N) is 3. The Bertz CT molecular complexity index is 2840. The number of carbonyl (C=O) groups excluding carboxylic acids is 1. The average Bonchev–Trinajstić information content (AvgIpc) is 3.75. The number of piperazine rings is 1. The quantitative estimate of drug-likeness (QED) is 0.0982. The van der Waals surface area contributed by atoms with Crippen LogP contribution >= 0.6 is 11.6 Å². The number of halogens is 4. The van der Waals surface area contributed by atoms with Crippen molar-refractivity contribution in [2.75, 3.05) is 82.3 Å². The number of aromatic amines is 1. The number of morpholine rings is 1. The second kappa shape index (κ2) is 19.2. The van der Waals surface area contributed by atoms with E-state index < -0.39 is 46.8 Å². The summed E-state index contributed by atoms with van der Waals surface area (Å²) < 4.78 is 109. The SMILES string of the molecule is CC1(C)CCC(CN2CCN(c3ccc(C(=O)NS(=O)(=O)c4ccc(NCCN5CCOCC5)c(S(=O)(=O)C(F)(F)F)c4)c(Oc4ccc5[nH]ccc5c4)c3)CC2)=C(c2ccc(Cl)cc2)C1. The number of carbonyl (C=O) groups is 1. The van der Waals surface area contributed by atoms with Crippen molar-refractivity contribution in [3.8, 4) is 11.5 Å². The molecule has 0 bridgehead atoms. The van der Waals surface area contributed by atoms with Gasteiger partial charge in [-0.15, -0.1) is 0 Å². The third kappa shape index (κ3) is 10.8. The summed E-state index contributed by atoms with van der Waals surface area (Å²) in [6, 6.07) is 22.2. The van der Waals surface area contributed by atoms with Crippen molar-refractivity contribution < 1.29 is 44.3 Å². The van der Waals surface area contributed by atoms with Crippen molar-refractivity contribution in [1.29, 1.82) is 0 Å². The molecule has 3 aliphatic rings. The summed E-state index contributed by atoms with van der Waals surface area (Å²) >= 11 is 6.23. The molecule has 1 aliphatic carbocycles. The van der Waals surface area contributed by atoms with Gasteiger partial charge in [0.15, 0.2) is 0 Å². The van der Waals surface area contributed by atoms with E-state index in [0.717, 1.165) is 67.6 Å². The molecule has 2 fully saturated rings. The first kappa shape index (κ1) is 47.4. The topological polar surface area (TPSA) is 153 Å². The number of hydrogen-bond acceptors (Lipinski definition) is 11. The maximum Gasteiger partial charge on any atom is 0.501 e. The molecule has 13 nitrogen and oxygen atoms in total. The van der Waals surface area contributed by atoms with Crippen molar-refractivity contribution in [2.24, 2.45) is 5.41 Å². The van der Waals surface area contributed by atoms with Gasteiger partial charge in [-0.1, -0.05) is 43.2 Å². The molecule has 1 amide bonds. The van der Waals surface area contributed by atoms with Gasteiger partial charge >= 0.3 is 5.51 Å². The number of anilines is 2. The van der Waals surface area contributed by atoms with Crippen molar-refractivity contribution >= 4 is 65.2 Å². The summed E-state index contributed by atoms with van der Waals surface area (Å²) in [7, 11) is -11.0. The highest BCUT2D eigenvalue weighted by atomic mass is 35.5. The number of allylic oxidation sites excluding steroid dienone is 1. The molecule has 2 saturated heterocycles. The van der Waals surface area contributed by atoms with E-state index in [1.54, 1.807) is 36.5 Å². The van der Waals surface area contributed by atoms with E-state index in [4.69, 9.17) is 21.1 Å². The number of hydrogen-bond donors (Lipinski definition) is 3. The van der Waals surface area contributed by atoms with E-state index in [1.807, 2.05) is 27.8 Å². The van der Waals surface area contributed by atoms with Gasteiger partial charge in [-0.25, -0.2) is 21.6 Å². The minimum Gasteiger partial charge on any atom is -0.456 e. The number of sulfonamides is 1. The fourth-order valence-electron chi connectivity index (χ4n) is 8.67. The van der Waals surface area contributed by atoms with E-state index in [9.17, 15) is 34.8 Å². The van der Waals surface area contributed by atoms with Crippen LogP contribution in [0.2, 0.25) is 5.02 Å². The molecule has 2 aliphatic heterocycles. The molecule has 0 atom stereocenters. The van der Waals surface area contributed by atoms with Crippen LogP contribution in [0, 0.1) is 5.41 Å². The molecule has 0 unspecified atom stereocenters. The van der Waals surface area contributed by atoms with Crippen LogP contribution in [0.5, 0.6) is 11.5 Å². The van der Waals surface area contributed by atoms with Crippen molar-refractivity contribution in [3.63, 3.8) is 0 Å². The lowest BCUT2D eigenvalue weighted by Gasteiger charge is -2.39. The van der Waals surface area contributed by atoms with Crippen LogP contribution in [0.1, 0.15) is 49.0 Å². The highest BCUT2D eigenvalue weighted by Crippen LogP contribution is 2.44. The highest BCUT2D eigenvalue weighted by Gasteiger charge is 2.48. The van der Waals surface area contributed by atoms with E-state index in [0.29, 0.717) is 62.8 Å². The van der Waals surface area contributed by atoms with Gasteiger partial charge in [0.05, 0.1) is 29.4 Å². The number of amides is 1. The number of fused-ring (bicyclic) bond motifs is 1. The summed E-state index contributed by atoms with van der Waals surface area (Å²) in [5.74, 6) is -0.752. The molecule has 1 aromatic heterocycles. The van der Waals surface area contributed by atoms with E-state index in [1.165, 1.54) is 22.8 Å². The predicted octanol–water partition coefficient (Wildman–Crippen LogP) is 8.56. The second-order valence-corrected chi connectivity index (χ2v) is 21.7. The molecule has 5 aromatic rings. The Kier molecular flexibility index (Phi) is 13.8. The van der Waals surface area contributed by atoms with Gasteiger partial charge in [0.2, 0.25) is 0 Å². The fourth-order valence-corrected chi connectivity index (χ4v) is 10.8. The summed E-state index contributed by atoms with van der Waals surface area (Å²) in [5, 5.41) is 4.24. The first-order valence-electron chi connectivity index (χ1n) is 21.7. The molecule has 0 radical (unpaired) electrons. The molecule has 4 aromatic carbocycles. The molecular formula is C47H52ClF3N6O7S2. The van der Waals surface area contributed by atoms with E-state index in [-0.39, 0.29) is 23.3 Å². The smallest absolute Gasteiger partial charge is 0.456 e. The number of ether oxygens (including phenoxy) is 2. The molecular weight excluding hydrogens is 917 g/mol. The number of aromatic nitrogens is 1. The standard InChI is InChI=1S/C47H52ClF3N6O7S2/c1-46(2)15-13-34(40(30-46)32-3-5-35(48)6-4-32)31-56-19-21-57(22-20-56)36-7-10-39(43(28-36)64-37-8-11-41-33(27-37)14-16-52-41)45(58)54-66(61,62)38-9-12-42(44(29-38)65(59,60)47(49,50)51)53-17-18-55-23-25-63-26-24-55/h3-12,14,16,27-29,52-53H,13,15,17-26,30-31H2,1-2H3,(H,54,58). The molecule has 0 saturated carbocycles. The third-order valence-electron chi connectivity index (χ3n) is 12.4. The Morgan fingerprint density at radius 3 is 2.35 bits per heavy atom. The Hall–Kier alpha value is -5.11. The zero-order valence-corrected chi connectivity index (χ0v) is 39.0. The lowest BCUT2D eigenvalue weighted by atomic mass is 9.72. The van der Waals surface area contributed by atoms with Crippen molar-refractivity contribution in [1.82, 2.24) is 19.5 Å². The number of nitrogens with one attached hydrogen (secondary N) is 3. The zero-order valence-electron chi connectivity index (χ0n) is 36.6. The first-order valence-corrected chi connectivity index (χ1v) is 25.1. The Balaban J connectivity index is 1.02. The molecule has 352 valence electrons. The van der Waals surface area contributed by atoms with Gasteiger partial charge in [0.25, 0.3) is 25.8 Å². The monoisotopic (exact) mass is 968 g/mol. The van der Waals surface area contributed by atoms with Crippen LogP contribution in [-0.4, -0.2) is 115 Å². The number of alkyl halides is 3. The van der Waals surface area contributed by atoms with Gasteiger partial charge in [0.1, 0.15) is 16.4 Å². The van der Waals surface area contributed by atoms with Crippen LogP contribution in [0.25, 0.3) is 16.5 Å². The maximum absolute atomic E-state index is 14.0. The predicted molar refractivity (Wildman–Crippen MR) is 250 cm³/mol. The maximum atomic E-state index is 14.0. The molecule has 19 heteroatoms. The van der Waals surface area contributed by atoms with Gasteiger partial charge in [0, 0.05) is 92.8 Å². The summed E-state index contributed by atoms with van der Waals surface area (Å²) in [6.07, 6.45) is 4.85. The summed E-state index contributed by atoms with van der Waals surface area (Å²) in [4.78, 5) is 21.5. The zero-order chi connectivity index (χ0) is 46.9. The molecule has 8 rings (SSSR count). The van der Waals surface area contributed by atoms with Crippen molar-refractivity contribution in [2.45, 2.75) is 48.4 Å². The molecule has 66 heavy (non-hydrogen) atoms. The van der Waals surface area contributed by atoms with Crippen LogP contribution < -0.4 is 19.7 Å². The minimum absolute atomic E-state index is 0.0280. The van der Waals surface area contributed by atoms with Gasteiger partial charge in [-0.05, 0) is 103 Å². The average molecular weight is 970 g/mol. The second-order valence-electron chi connectivity index (χ2n) is 17.6. The summed E-state index contributed by atoms with van der Waals surface area (Å²) in [5.41, 5.74) is -0.602. The van der Waals surface area contributed by atoms with E-state index in [2.05, 4.69) is 46.1 Å². The van der Waals surface area contributed by atoms with Crippen LogP contribution in [0.4, 0.5) is 24.5 Å². The summed E-state index contributed by atoms with van der Waals surface area (Å²) in [6.45, 7) is 10.9. The van der Waals surface area contributed by atoms with Gasteiger partial charge in [-0.3, -0.25) is 14.6 Å². The molecule has 0 spiro atoms. The molecule has 3 N–H and O–H groups in total. The van der Waals surface area contributed by atoms with Crippen LogP contribution in [-0.2, 0) is 24.6 Å². The highest BCUT2D eigenvalue weighted by molar-refractivity contribution is 7.92. The normalized spacial score (nSPS) is 17.8. The van der Waals surface area contributed by atoms with E-state index >= 15 is 0 Å². The largest absolute Gasteiger partial charge is 0.501 e. The Morgan fingerprint density at radius 2 is 1.62 bits per heavy atom. The van der Waals surface area contributed by atoms with Crippen LogP contribution in [0.15, 0.2) is 106 Å². The van der Waals surface area contributed by atoms with Gasteiger partial charge < -0.3 is 24.7 Å². The molecule has 3 heterocycles. The first-order chi connectivity index (χ1) is 31.3. The van der Waals surface area contributed by atoms with Crippen molar-refractivity contribution in [3.05, 3.63) is 113 Å².